The van der Waals surface area contributed by atoms with Crippen LogP contribution >= 0.6 is 27.5 Å². The highest BCUT2D eigenvalue weighted by Gasteiger charge is 2.18. The Labute approximate surface area is 131 Å². The van der Waals surface area contributed by atoms with Gasteiger partial charge in [-0.05, 0) is 35.9 Å². The van der Waals surface area contributed by atoms with Crippen molar-refractivity contribution < 1.29 is 8.42 Å². The number of nitrogens with two attached hydrogens (primary N) is 1. The maximum absolute atomic E-state index is 12.3. The second-order valence-electron chi connectivity index (χ2n) is 4.08. The molecule has 2 aromatic carbocycles. The summed E-state index contributed by atoms with van der Waals surface area (Å²) >= 11 is 9.20. The Morgan fingerprint density at radius 2 is 1.95 bits per heavy atom. The first kappa shape index (κ1) is 15.3. The Morgan fingerprint density at radius 1 is 1.20 bits per heavy atom. The molecule has 2 rings (SSSR count). The van der Waals surface area contributed by atoms with Crippen molar-refractivity contribution in [3.05, 3.63) is 57.5 Å². The van der Waals surface area contributed by atoms with Crippen LogP contribution in [0.5, 0.6) is 0 Å². The quantitative estimate of drug-likeness (QED) is 0.860. The highest BCUT2D eigenvalue weighted by atomic mass is 79.9. The number of nitrogens with one attached hydrogen (secondary N) is 1. The Kier molecular flexibility index (Phi) is 4.70. The summed E-state index contributed by atoms with van der Waals surface area (Å²) in [5.74, 6) is 0. The van der Waals surface area contributed by atoms with Gasteiger partial charge in [0.25, 0.3) is 10.0 Å². The first-order chi connectivity index (χ1) is 9.42. The number of rotatable bonds is 4. The van der Waals surface area contributed by atoms with E-state index in [1.54, 1.807) is 24.3 Å². The average molecular weight is 376 g/mol. The molecule has 0 spiro atoms. The minimum Gasteiger partial charge on any atom is -0.326 e. The Balaban J connectivity index is 2.35. The second-order valence-corrected chi connectivity index (χ2v) is 7.06. The molecule has 0 saturated carbocycles. The van der Waals surface area contributed by atoms with Crippen LogP contribution in [0.4, 0.5) is 5.69 Å². The van der Waals surface area contributed by atoms with Gasteiger partial charge in [0, 0.05) is 16.7 Å². The van der Waals surface area contributed by atoms with Crippen LogP contribution in [0, 0.1) is 0 Å². The number of anilines is 1. The smallest absolute Gasteiger partial charge is 0.263 e. The fourth-order valence-corrected chi connectivity index (χ4v) is 3.75. The number of halogens is 2. The van der Waals surface area contributed by atoms with Crippen molar-refractivity contribution >= 4 is 43.2 Å². The van der Waals surface area contributed by atoms with Crippen LogP contribution in [0.1, 0.15) is 5.56 Å². The van der Waals surface area contributed by atoms with Crippen molar-refractivity contribution in [3.63, 3.8) is 0 Å². The fourth-order valence-electron chi connectivity index (χ4n) is 1.67. The molecule has 2 aromatic rings. The molecule has 0 aliphatic rings. The molecule has 0 aromatic heterocycles. The van der Waals surface area contributed by atoms with E-state index < -0.39 is 10.0 Å². The van der Waals surface area contributed by atoms with E-state index in [0.29, 0.717) is 16.7 Å². The van der Waals surface area contributed by atoms with E-state index in [4.69, 9.17) is 17.3 Å². The van der Waals surface area contributed by atoms with Crippen molar-refractivity contribution in [1.29, 1.82) is 0 Å². The van der Waals surface area contributed by atoms with E-state index in [-0.39, 0.29) is 9.92 Å². The van der Waals surface area contributed by atoms with Gasteiger partial charge in [-0.15, -0.1) is 0 Å². The molecule has 0 amide bonds. The Hall–Kier alpha value is -1.08. The molecule has 0 atom stereocenters. The van der Waals surface area contributed by atoms with Gasteiger partial charge in [0.15, 0.2) is 0 Å². The lowest BCUT2D eigenvalue weighted by atomic mass is 10.2. The molecule has 4 nitrogen and oxygen atoms in total. The maximum Gasteiger partial charge on any atom is 0.263 e. The second kappa shape index (κ2) is 6.13. The molecule has 0 heterocycles. The SMILES string of the molecule is NCc1cccc(NS(=O)(=O)c2ccc(Br)cc2Cl)c1. The number of benzene rings is 2. The van der Waals surface area contributed by atoms with Crippen LogP contribution in [-0.4, -0.2) is 8.42 Å². The van der Waals surface area contributed by atoms with Gasteiger partial charge in [0.1, 0.15) is 4.90 Å². The van der Waals surface area contributed by atoms with Gasteiger partial charge >= 0.3 is 0 Å². The zero-order valence-corrected chi connectivity index (χ0v) is 13.5. The van der Waals surface area contributed by atoms with Crippen molar-refractivity contribution in [3.8, 4) is 0 Å². The molecule has 0 unspecified atom stereocenters. The van der Waals surface area contributed by atoms with Gasteiger partial charge in [-0.2, -0.15) is 0 Å². The number of sulfonamides is 1. The molecule has 0 aliphatic carbocycles. The lowest BCUT2D eigenvalue weighted by Crippen LogP contribution is -2.13. The Bertz CT molecular complexity index is 735. The third-order valence-corrected chi connectivity index (χ3v) is 4.96. The monoisotopic (exact) mass is 374 g/mol. The first-order valence-electron chi connectivity index (χ1n) is 5.69. The van der Waals surface area contributed by atoms with Crippen molar-refractivity contribution in [2.24, 2.45) is 5.73 Å². The predicted octanol–water partition coefficient (Wildman–Crippen LogP) is 3.36. The zero-order chi connectivity index (χ0) is 14.8. The Morgan fingerprint density at radius 3 is 2.60 bits per heavy atom. The molecular weight excluding hydrogens is 364 g/mol. The van der Waals surface area contributed by atoms with Gasteiger partial charge in [0.05, 0.1) is 5.02 Å². The van der Waals surface area contributed by atoms with Crippen LogP contribution in [0.25, 0.3) is 0 Å². The third-order valence-electron chi connectivity index (χ3n) is 2.60. The molecule has 0 radical (unpaired) electrons. The highest BCUT2D eigenvalue weighted by Crippen LogP contribution is 2.27. The van der Waals surface area contributed by atoms with E-state index in [0.717, 1.165) is 5.56 Å². The fraction of sp³-hybridized carbons (Fsp3) is 0.0769. The summed E-state index contributed by atoms with van der Waals surface area (Å²) in [6.07, 6.45) is 0. The van der Waals surface area contributed by atoms with Crippen LogP contribution in [-0.2, 0) is 16.6 Å². The number of hydrogen-bond acceptors (Lipinski definition) is 3. The van der Waals surface area contributed by atoms with Gasteiger partial charge in [-0.25, -0.2) is 8.42 Å². The standard InChI is InChI=1S/C13H12BrClN2O2S/c14-10-4-5-13(12(15)7-10)20(18,19)17-11-3-1-2-9(6-11)8-16/h1-7,17H,8,16H2. The van der Waals surface area contributed by atoms with E-state index in [2.05, 4.69) is 20.7 Å². The van der Waals surface area contributed by atoms with Gasteiger partial charge in [-0.1, -0.05) is 39.7 Å². The molecule has 7 heteroatoms. The zero-order valence-electron chi connectivity index (χ0n) is 10.3. The average Bonchev–Trinajstić information content (AvgIpc) is 2.37. The summed E-state index contributed by atoms with van der Waals surface area (Å²) in [6.45, 7) is 0.342. The topological polar surface area (TPSA) is 72.2 Å². The lowest BCUT2D eigenvalue weighted by Gasteiger charge is -2.10. The van der Waals surface area contributed by atoms with Gasteiger partial charge in [-0.3, -0.25) is 4.72 Å². The lowest BCUT2D eigenvalue weighted by molar-refractivity contribution is 0.601. The summed E-state index contributed by atoms with van der Waals surface area (Å²) in [6, 6.07) is 11.5. The summed E-state index contributed by atoms with van der Waals surface area (Å²) < 4.78 is 27.8. The summed E-state index contributed by atoms with van der Waals surface area (Å²) in [5.41, 5.74) is 6.82. The van der Waals surface area contributed by atoms with Crippen LogP contribution < -0.4 is 10.5 Å². The van der Waals surface area contributed by atoms with Crippen LogP contribution in [0.3, 0.4) is 0 Å². The van der Waals surface area contributed by atoms with Gasteiger partial charge in [0.2, 0.25) is 0 Å². The normalized spacial score (nSPS) is 11.3. The largest absolute Gasteiger partial charge is 0.326 e. The molecule has 106 valence electrons. The van der Waals surface area contributed by atoms with E-state index >= 15 is 0 Å². The van der Waals surface area contributed by atoms with Crippen LogP contribution in [0.15, 0.2) is 51.8 Å². The van der Waals surface area contributed by atoms with E-state index in [9.17, 15) is 8.42 Å². The highest BCUT2D eigenvalue weighted by molar-refractivity contribution is 9.10. The maximum atomic E-state index is 12.3. The number of hydrogen-bond donors (Lipinski definition) is 2. The van der Waals surface area contributed by atoms with E-state index in [1.807, 2.05) is 6.07 Å². The molecule has 0 saturated heterocycles. The minimum atomic E-state index is -3.73. The van der Waals surface area contributed by atoms with Gasteiger partial charge < -0.3 is 5.73 Å². The first-order valence-corrected chi connectivity index (χ1v) is 8.34. The van der Waals surface area contributed by atoms with E-state index in [1.165, 1.54) is 12.1 Å². The van der Waals surface area contributed by atoms with Crippen molar-refractivity contribution in [2.45, 2.75) is 11.4 Å². The van der Waals surface area contributed by atoms with Crippen molar-refractivity contribution in [1.82, 2.24) is 0 Å². The third kappa shape index (κ3) is 3.52. The molecule has 0 aliphatic heterocycles. The summed E-state index contributed by atoms with van der Waals surface area (Å²) in [5, 5.41) is 0.154. The molecular formula is C13H12BrClN2O2S. The summed E-state index contributed by atoms with van der Waals surface area (Å²) in [7, 11) is -3.73. The van der Waals surface area contributed by atoms with Crippen LogP contribution in [0.2, 0.25) is 5.02 Å². The summed E-state index contributed by atoms with van der Waals surface area (Å²) in [4.78, 5) is 0.0283. The van der Waals surface area contributed by atoms with Crippen molar-refractivity contribution in [2.75, 3.05) is 4.72 Å². The molecule has 0 fully saturated rings. The predicted molar refractivity (Wildman–Crippen MR) is 84.3 cm³/mol. The minimum absolute atomic E-state index is 0.0283. The molecule has 3 N–H and O–H groups in total. The molecule has 0 bridgehead atoms. The molecule has 20 heavy (non-hydrogen) atoms.